The number of aromatic nitrogens is 2. The Morgan fingerprint density at radius 2 is 1.97 bits per heavy atom. The van der Waals surface area contributed by atoms with E-state index in [1.807, 2.05) is 14.1 Å². The Morgan fingerprint density at radius 1 is 1.25 bits per heavy atom. The van der Waals surface area contributed by atoms with E-state index in [4.69, 9.17) is 4.74 Å². The number of rotatable bonds is 8. The smallest absolute Gasteiger partial charge is 0.343 e. The van der Waals surface area contributed by atoms with Crippen molar-refractivity contribution in [2.24, 2.45) is 0 Å². The molecule has 1 saturated heterocycles. The van der Waals surface area contributed by atoms with Gasteiger partial charge in [0, 0.05) is 38.9 Å². The standard InChI is InChI=1S/C22H33N7O3/c1-4-32-21(31)18-13-25-22(28(2)3)27-20(18)26-16-9-7-15(8-10-16)24-14-19(30)29-11-5-6-17(29)12-23/h13,15-17,24H,4-11,14H2,1-3H3,(H,25,26,27)/t15?,16?,17-/m0/s1. The first-order chi connectivity index (χ1) is 15.4. The van der Waals surface area contributed by atoms with Gasteiger partial charge >= 0.3 is 5.97 Å². The molecule has 1 amide bonds. The van der Waals surface area contributed by atoms with Gasteiger partial charge in [-0.25, -0.2) is 9.78 Å². The molecule has 2 fully saturated rings. The molecule has 1 aromatic heterocycles. The molecule has 1 aliphatic carbocycles. The van der Waals surface area contributed by atoms with Crippen LogP contribution in [0.4, 0.5) is 11.8 Å². The lowest BCUT2D eigenvalue weighted by atomic mass is 9.91. The van der Waals surface area contributed by atoms with Crippen LogP contribution in [0.1, 0.15) is 55.8 Å². The van der Waals surface area contributed by atoms with Gasteiger partial charge in [0.05, 0.1) is 19.2 Å². The van der Waals surface area contributed by atoms with Gasteiger partial charge in [-0.15, -0.1) is 0 Å². The summed E-state index contributed by atoms with van der Waals surface area (Å²) in [7, 11) is 3.70. The average Bonchev–Trinajstić information content (AvgIpc) is 3.27. The van der Waals surface area contributed by atoms with E-state index in [1.165, 1.54) is 6.20 Å². The number of hydrogen-bond acceptors (Lipinski definition) is 9. The molecule has 2 N–H and O–H groups in total. The number of anilines is 2. The van der Waals surface area contributed by atoms with Crippen LogP contribution in [0.2, 0.25) is 0 Å². The van der Waals surface area contributed by atoms with Crippen molar-refractivity contribution < 1.29 is 14.3 Å². The van der Waals surface area contributed by atoms with Crippen LogP contribution in [0.5, 0.6) is 0 Å². The van der Waals surface area contributed by atoms with Gasteiger partial charge in [0.2, 0.25) is 11.9 Å². The van der Waals surface area contributed by atoms with Crippen molar-refractivity contribution in [1.29, 1.82) is 5.26 Å². The number of carbonyl (C=O) groups is 2. The summed E-state index contributed by atoms with van der Waals surface area (Å²) in [5.74, 6) is 0.578. The number of hydrogen-bond donors (Lipinski definition) is 2. The molecule has 10 heteroatoms. The Morgan fingerprint density at radius 3 is 2.62 bits per heavy atom. The van der Waals surface area contributed by atoms with Gasteiger partial charge in [-0.05, 0) is 45.4 Å². The number of nitrogens with zero attached hydrogens (tertiary/aromatic N) is 5. The second-order valence-electron chi connectivity index (χ2n) is 8.50. The first-order valence-corrected chi connectivity index (χ1v) is 11.3. The lowest BCUT2D eigenvalue weighted by molar-refractivity contribution is -0.130. The third-order valence-electron chi connectivity index (χ3n) is 6.00. The largest absolute Gasteiger partial charge is 0.462 e. The van der Waals surface area contributed by atoms with Gasteiger partial charge in [0.25, 0.3) is 0 Å². The first-order valence-electron chi connectivity index (χ1n) is 11.3. The van der Waals surface area contributed by atoms with Gasteiger partial charge in [-0.1, -0.05) is 0 Å². The topological polar surface area (TPSA) is 123 Å². The molecule has 1 saturated carbocycles. The fourth-order valence-electron chi connectivity index (χ4n) is 4.22. The summed E-state index contributed by atoms with van der Waals surface area (Å²) < 4.78 is 5.15. The zero-order chi connectivity index (χ0) is 23.1. The Bertz CT molecular complexity index is 846. The molecule has 0 unspecified atom stereocenters. The molecule has 10 nitrogen and oxygen atoms in total. The van der Waals surface area contributed by atoms with Crippen molar-refractivity contribution in [3.05, 3.63) is 11.8 Å². The fourth-order valence-corrected chi connectivity index (χ4v) is 4.22. The normalized spacial score (nSPS) is 22.8. The van der Waals surface area contributed by atoms with E-state index in [1.54, 1.807) is 16.7 Å². The quantitative estimate of drug-likeness (QED) is 0.576. The molecular weight excluding hydrogens is 410 g/mol. The highest BCUT2D eigenvalue weighted by atomic mass is 16.5. The summed E-state index contributed by atoms with van der Waals surface area (Å²) in [6, 6.07) is 2.36. The van der Waals surface area contributed by atoms with Gasteiger partial charge < -0.3 is 25.2 Å². The van der Waals surface area contributed by atoms with Crippen molar-refractivity contribution >= 4 is 23.6 Å². The van der Waals surface area contributed by atoms with E-state index in [9.17, 15) is 14.9 Å². The van der Waals surface area contributed by atoms with Crippen LogP contribution in [0.3, 0.4) is 0 Å². The van der Waals surface area contributed by atoms with E-state index in [0.29, 0.717) is 23.9 Å². The summed E-state index contributed by atoms with van der Waals surface area (Å²) in [5, 5.41) is 15.9. The summed E-state index contributed by atoms with van der Waals surface area (Å²) >= 11 is 0. The minimum absolute atomic E-state index is 0.00516. The van der Waals surface area contributed by atoms with Crippen molar-refractivity contribution in [3.8, 4) is 6.07 Å². The molecule has 0 bridgehead atoms. The highest BCUT2D eigenvalue weighted by Gasteiger charge is 2.29. The van der Waals surface area contributed by atoms with Gasteiger partial charge in [0.1, 0.15) is 17.4 Å². The Balaban J connectivity index is 1.53. The molecule has 2 aliphatic rings. The molecule has 32 heavy (non-hydrogen) atoms. The maximum Gasteiger partial charge on any atom is 0.343 e. The van der Waals surface area contributed by atoms with Gasteiger partial charge in [-0.2, -0.15) is 10.2 Å². The summed E-state index contributed by atoms with van der Waals surface area (Å²) in [4.78, 5) is 37.0. The maximum atomic E-state index is 12.4. The highest BCUT2D eigenvalue weighted by molar-refractivity contribution is 5.94. The number of likely N-dealkylation sites (tertiary alicyclic amines) is 1. The third kappa shape index (κ3) is 5.85. The molecule has 3 rings (SSSR count). The lowest BCUT2D eigenvalue weighted by Gasteiger charge is -2.31. The second-order valence-corrected chi connectivity index (χ2v) is 8.50. The van der Waals surface area contributed by atoms with Crippen molar-refractivity contribution in [1.82, 2.24) is 20.2 Å². The Hall–Kier alpha value is -2.93. The van der Waals surface area contributed by atoms with Crippen LogP contribution in [-0.4, -0.2) is 78.7 Å². The highest BCUT2D eigenvalue weighted by Crippen LogP contribution is 2.25. The zero-order valence-corrected chi connectivity index (χ0v) is 19.1. The molecule has 0 spiro atoms. The Kier molecular flexibility index (Phi) is 8.22. The predicted molar refractivity (Wildman–Crippen MR) is 120 cm³/mol. The first kappa shape index (κ1) is 23.7. The number of amides is 1. The minimum Gasteiger partial charge on any atom is -0.462 e. The van der Waals surface area contributed by atoms with Crippen LogP contribution in [0.15, 0.2) is 6.20 Å². The summed E-state index contributed by atoms with van der Waals surface area (Å²) in [6.45, 7) is 3.00. The molecule has 1 aromatic rings. The third-order valence-corrected chi connectivity index (χ3v) is 6.00. The van der Waals surface area contributed by atoms with Crippen LogP contribution in [0.25, 0.3) is 0 Å². The van der Waals surface area contributed by atoms with Gasteiger partial charge in [0.15, 0.2) is 0 Å². The van der Waals surface area contributed by atoms with E-state index in [0.717, 1.165) is 38.5 Å². The van der Waals surface area contributed by atoms with E-state index in [2.05, 4.69) is 26.7 Å². The van der Waals surface area contributed by atoms with Crippen LogP contribution < -0.4 is 15.5 Å². The molecule has 0 radical (unpaired) electrons. The molecular formula is C22H33N7O3. The lowest BCUT2D eigenvalue weighted by Crippen LogP contribution is -2.45. The monoisotopic (exact) mass is 443 g/mol. The molecule has 2 heterocycles. The number of ether oxygens (including phenoxy) is 1. The number of nitriles is 1. The molecule has 0 aromatic carbocycles. The van der Waals surface area contributed by atoms with E-state index in [-0.39, 0.29) is 37.2 Å². The van der Waals surface area contributed by atoms with E-state index < -0.39 is 5.97 Å². The Labute approximate surface area is 189 Å². The minimum atomic E-state index is -0.438. The number of esters is 1. The van der Waals surface area contributed by atoms with Crippen molar-refractivity contribution in [2.45, 2.75) is 63.6 Å². The van der Waals surface area contributed by atoms with Gasteiger partial charge in [-0.3, -0.25) is 4.79 Å². The summed E-state index contributed by atoms with van der Waals surface area (Å²) in [5.41, 5.74) is 0.334. The van der Waals surface area contributed by atoms with Crippen LogP contribution in [-0.2, 0) is 9.53 Å². The maximum absolute atomic E-state index is 12.4. The fraction of sp³-hybridized carbons (Fsp3) is 0.682. The summed E-state index contributed by atoms with van der Waals surface area (Å²) in [6.07, 6.45) is 6.77. The zero-order valence-electron chi connectivity index (χ0n) is 19.1. The van der Waals surface area contributed by atoms with Crippen molar-refractivity contribution in [3.63, 3.8) is 0 Å². The van der Waals surface area contributed by atoms with Crippen LogP contribution >= 0.6 is 0 Å². The van der Waals surface area contributed by atoms with Crippen LogP contribution in [0, 0.1) is 11.3 Å². The predicted octanol–water partition coefficient (Wildman–Crippen LogP) is 1.55. The SMILES string of the molecule is CCOC(=O)c1cnc(N(C)C)nc1NC1CCC(NCC(=O)N2CCC[C@H]2C#N)CC1. The van der Waals surface area contributed by atoms with E-state index >= 15 is 0 Å². The van der Waals surface area contributed by atoms with Crippen molar-refractivity contribution in [2.75, 3.05) is 44.0 Å². The molecule has 1 atom stereocenters. The second kappa shape index (κ2) is 11.1. The number of nitrogens with one attached hydrogen (secondary N) is 2. The molecule has 174 valence electrons. The molecule has 1 aliphatic heterocycles. The number of carbonyl (C=O) groups excluding carboxylic acids is 2. The average molecular weight is 444 g/mol.